The zero-order valence-electron chi connectivity index (χ0n) is 43.7. The summed E-state index contributed by atoms with van der Waals surface area (Å²) in [5.74, 6) is -0.183. The van der Waals surface area contributed by atoms with Crippen molar-refractivity contribution in [3.63, 3.8) is 0 Å². The van der Waals surface area contributed by atoms with E-state index in [9.17, 15) is 19.4 Å². The van der Waals surface area contributed by atoms with Crippen molar-refractivity contribution < 1.29 is 32.9 Å². The van der Waals surface area contributed by atoms with E-state index in [1.165, 1.54) is 193 Å². The van der Waals surface area contributed by atoms with Crippen molar-refractivity contribution in [2.75, 3.05) is 40.9 Å². The summed E-state index contributed by atoms with van der Waals surface area (Å²) in [6.45, 7) is 4.81. The van der Waals surface area contributed by atoms with E-state index >= 15 is 0 Å². The molecule has 0 saturated carbocycles. The van der Waals surface area contributed by atoms with E-state index in [4.69, 9.17) is 9.05 Å². The van der Waals surface area contributed by atoms with Gasteiger partial charge in [0.25, 0.3) is 0 Å². The first-order valence-electron chi connectivity index (χ1n) is 27.9. The van der Waals surface area contributed by atoms with Crippen molar-refractivity contribution >= 4 is 13.7 Å². The number of phosphoric acid groups is 1. The molecule has 3 atom stereocenters. The summed E-state index contributed by atoms with van der Waals surface area (Å²) in [6, 6.07) is -0.851. The van der Waals surface area contributed by atoms with Crippen LogP contribution in [0, 0.1) is 0 Å². The molecule has 0 saturated heterocycles. The van der Waals surface area contributed by atoms with Gasteiger partial charge in [-0.05, 0) is 51.4 Å². The average Bonchev–Trinajstić information content (AvgIpc) is 3.26. The Morgan fingerprint density at radius 3 is 1.29 bits per heavy atom. The van der Waals surface area contributed by atoms with E-state index in [-0.39, 0.29) is 19.1 Å². The van der Waals surface area contributed by atoms with Crippen LogP contribution < -0.4 is 5.32 Å². The number of likely N-dealkylation sites (N-methyl/N-ethyl adjacent to an activating group) is 1. The fourth-order valence-corrected chi connectivity index (χ4v) is 8.93. The highest BCUT2D eigenvalue weighted by atomic mass is 31.2. The molecule has 0 aliphatic carbocycles. The quantitative estimate of drug-likeness (QED) is 0.0243. The molecule has 65 heavy (non-hydrogen) atoms. The Morgan fingerprint density at radius 2 is 0.877 bits per heavy atom. The molecule has 0 spiro atoms. The summed E-state index contributed by atoms with van der Waals surface area (Å²) in [5, 5.41) is 13.9. The van der Waals surface area contributed by atoms with E-state index in [0.29, 0.717) is 17.4 Å². The third-order valence-electron chi connectivity index (χ3n) is 12.6. The maximum absolute atomic E-state index is 12.9. The molecule has 0 fully saturated rings. The minimum absolute atomic E-state index is 0.0600. The number of allylic oxidation sites excluding steroid dienone is 5. The zero-order valence-corrected chi connectivity index (χ0v) is 44.6. The Bertz CT molecular complexity index is 1150. The van der Waals surface area contributed by atoms with Gasteiger partial charge in [-0.25, -0.2) is 4.57 Å². The average molecular weight is 938 g/mol. The summed E-state index contributed by atoms with van der Waals surface area (Å²) in [4.78, 5) is 23.2. The number of carbonyl (C=O) groups excluding carboxylic acids is 1. The van der Waals surface area contributed by atoms with Crippen LogP contribution in [0.5, 0.6) is 0 Å². The van der Waals surface area contributed by atoms with Gasteiger partial charge in [-0.2, -0.15) is 0 Å². The monoisotopic (exact) mass is 938 g/mol. The molecule has 8 nitrogen and oxygen atoms in total. The molecule has 3 N–H and O–H groups in total. The van der Waals surface area contributed by atoms with Gasteiger partial charge in [0.1, 0.15) is 13.2 Å². The van der Waals surface area contributed by atoms with Crippen LogP contribution >= 0.6 is 7.82 Å². The third kappa shape index (κ3) is 50.4. The molecular formula is C56H110N2O6P+. The highest BCUT2D eigenvalue weighted by molar-refractivity contribution is 7.47. The topological polar surface area (TPSA) is 105 Å². The van der Waals surface area contributed by atoms with Crippen LogP contribution in [0.3, 0.4) is 0 Å². The Balaban J connectivity index is 4.21. The molecule has 3 unspecified atom stereocenters. The van der Waals surface area contributed by atoms with Gasteiger partial charge in [0, 0.05) is 6.42 Å². The molecular weight excluding hydrogens is 828 g/mol. The summed E-state index contributed by atoms with van der Waals surface area (Å²) in [6.07, 6.45) is 60.9. The number of amides is 1. The largest absolute Gasteiger partial charge is 0.472 e. The third-order valence-corrected chi connectivity index (χ3v) is 13.6. The lowest BCUT2D eigenvalue weighted by Gasteiger charge is -2.25. The van der Waals surface area contributed by atoms with E-state index in [1.807, 2.05) is 27.2 Å². The van der Waals surface area contributed by atoms with Crippen LogP contribution in [0.2, 0.25) is 0 Å². The van der Waals surface area contributed by atoms with Crippen LogP contribution in [-0.4, -0.2) is 73.4 Å². The molecule has 1 amide bonds. The lowest BCUT2D eigenvalue weighted by Crippen LogP contribution is -2.45. The Morgan fingerprint density at radius 1 is 0.523 bits per heavy atom. The number of phosphoric ester groups is 1. The number of nitrogens with zero attached hydrogens (tertiary/aromatic N) is 1. The summed E-state index contributed by atoms with van der Waals surface area (Å²) >= 11 is 0. The number of hydrogen-bond donors (Lipinski definition) is 3. The number of hydrogen-bond acceptors (Lipinski definition) is 5. The lowest BCUT2D eigenvalue weighted by atomic mass is 10.0. The summed E-state index contributed by atoms with van der Waals surface area (Å²) in [7, 11) is 1.57. The number of rotatable bonds is 51. The van der Waals surface area contributed by atoms with Crippen molar-refractivity contribution in [2.24, 2.45) is 0 Å². The molecule has 384 valence electrons. The number of quaternary nitrogens is 1. The normalized spacial score (nSPS) is 14.3. The van der Waals surface area contributed by atoms with E-state index in [0.717, 1.165) is 51.4 Å². The predicted octanol–water partition coefficient (Wildman–Crippen LogP) is 16.6. The Kier molecular flexibility index (Phi) is 46.8. The van der Waals surface area contributed by atoms with Crippen LogP contribution in [0.15, 0.2) is 36.5 Å². The van der Waals surface area contributed by atoms with Crippen molar-refractivity contribution in [1.82, 2.24) is 5.32 Å². The van der Waals surface area contributed by atoms with Crippen molar-refractivity contribution in [1.29, 1.82) is 0 Å². The fraction of sp³-hybridized carbons (Fsp3) is 0.875. The molecule has 9 heteroatoms. The van der Waals surface area contributed by atoms with E-state index < -0.39 is 20.0 Å². The molecule has 0 rings (SSSR count). The maximum Gasteiger partial charge on any atom is 0.472 e. The van der Waals surface area contributed by atoms with E-state index in [1.54, 1.807) is 6.08 Å². The number of aliphatic hydroxyl groups is 1. The van der Waals surface area contributed by atoms with E-state index in [2.05, 4.69) is 43.5 Å². The molecule has 0 heterocycles. The second-order valence-electron chi connectivity index (χ2n) is 20.3. The van der Waals surface area contributed by atoms with Crippen LogP contribution in [0.1, 0.15) is 264 Å². The van der Waals surface area contributed by atoms with Crippen molar-refractivity contribution in [3.8, 4) is 0 Å². The zero-order chi connectivity index (χ0) is 47.8. The smallest absolute Gasteiger partial charge is 0.387 e. The number of aliphatic hydroxyl groups excluding tert-OH is 1. The predicted molar refractivity (Wildman–Crippen MR) is 281 cm³/mol. The molecule has 0 aromatic heterocycles. The molecule has 0 aromatic carbocycles. The minimum atomic E-state index is -4.35. The molecule has 0 aliphatic rings. The van der Waals surface area contributed by atoms with Gasteiger partial charge >= 0.3 is 7.82 Å². The Labute approximate surface area is 404 Å². The van der Waals surface area contributed by atoms with Gasteiger partial charge in [0.05, 0.1) is 39.9 Å². The molecule has 0 radical (unpaired) electrons. The number of carbonyl (C=O) groups is 1. The number of nitrogens with one attached hydrogen (secondary N) is 1. The lowest BCUT2D eigenvalue weighted by molar-refractivity contribution is -0.870. The molecule has 0 aromatic rings. The minimum Gasteiger partial charge on any atom is -0.387 e. The molecule has 0 bridgehead atoms. The van der Waals surface area contributed by atoms with Gasteiger partial charge in [-0.15, -0.1) is 0 Å². The maximum atomic E-state index is 12.9. The highest BCUT2D eigenvalue weighted by Crippen LogP contribution is 2.43. The van der Waals surface area contributed by atoms with Gasteiger partial charge in [-0.3, -0.25) is 13.8 Å². The second-order valence-corrected chi connectivity index (χ2v) is 21.8. The summed E-state index contributed by atoms with van der Waals surface area (Å²) < 4.78 is 23.7. The van der Waals surface area contributed by atoms with Crippen LogP contribution in [0.25, 0.3) is 0 Å². The second kappa shape index (κ2) is 47.8. The Hall–Kier alpha value is -1.28. The van der Waals surface area contributed by atoms with Crippen molar-refractivity contribution in [2.45, 2.75) is 276 Å². The highest BCUT2D eigenvalue weighted by Gasteiger charge is 2.27. The van der Waals surface area contributed by atoms with Gasteiger partial charge in [-0.1, -0.05) is 243 Å². The first kappa shape index (κ1) is 63.7. The molecule has 0 aliphatic heterocycles. The SMILES string of the molecule is CCCCC/C=C\C/C=C\CCCCCCCCCC(=O)NC(COP(=O)(O)OCC[N+](C)(C)C)C(O)/C=C/CCCCCCCCCCCCCCCCCCCCCCCCCC. The summed E-state index contributed by atoms with van der Waals surface area (Å²) in [5.41, 5.74) is 0. The fourth-order valence-electron chi connectivity index (χ4n) is 8.19. The number of unbranched alkanes of at least 4 members (excludes halogenated alkanes) is 34. The first-order chi connectivity index (χ1) is 31.5. The van der Waals surface area contributed by atoms with Gasteiger partial charge < -0.3 is 19.8 Å². The van der Waals surface area contributed by atoms with Gasteiger partial charge in [0.15, 0.2) is 0 Å². The standard InChI is InChI=1S/C56H109N2O6P/c1-6-8-10-12-14-16-18-20-22-24-25-26-27-28-29-30-31-32-34-35-37-39-41-43-45-47-49-55(59)54(53-64-65(61,62)63-52-51-58(3,4)5)57-56(60)50-48-46-44-42-40-38-36-33-23-21-19-17-15-13-11-9-7-2/h15,17,21,23,47,49,54-55,59H,6-14,16,18-20,22,24-46,48,50-53H2,1-5H3,(H-,57,60,61,62)/p+1/b17-15-,23-21-,49-47+. The van der Waals surface area contributed by atoms with Gasteiger partial charge in [0.2, 0.25) is 5.91 Å². The van der Waals surface area contributed by atoms with Crippen LogP contribution in [0.4, 0.5) is 0 Å². The first-order valence-corrected chi connectivity index (χ1v) is 29.4. The van der Waals surface area contributed by atoms with Crippen LogP contribution in [-0.2, 0) is 18.4 Å². The van der Waals surface area contributed by atoms with Crippen molar-refractivity contribution in [3.05, 3.63) is 36.5 Å².